The first kappa shape index (κ1) is 21.5. The number of thiazole rings is 1. The third-order valence-electron chi connectivity index (χ3n) is 4.41. The molecule has 14 heteroatoms. The number of nitrogens with one attached hydrogen (secondary N) is 3. The maximum atomic E-state index is 12.3. The van der Waals surface area contributed by atoms with E-state index in [-0.39, 0.29) is 22.9 Å². The minimum Gasteiger partial charge on any atom is -0.310 e. The van der Waals surface area contributed by atoms with Gasteiger partial charge in [-0.2, -0.15) is 0 Å². The van der Waals surface area contributed by atoms with Gasteiger partial charge in [0.15, 0.2) is 5.13 Å². The number of hydrogen-bond donors (Lipinski definition) is 3. The van der Waals surface area contributed by atoms with Crippen molar-refractivity contribution >= 4 is 55.6 Å². The number of fused-ring (bicyclic) bond motifs is 1. The minimum absolute atomic E-state index is 0.105. The molecule has 33 heavy (non-hydrogen) atoms. The largest absolute Gasteiger partial charge is 0.355 e. The Morgan fingerprint density at radius 1 is 1.00 bits per heavy atom. The fourth-order valence-corrected chi connectivity index (χ4v) is 3.81. The Bertz CT molecular complexity index is 1390. The molecular formula is C19H14N8O5S. The summed E-state index contributed by atoms with van der Waals surface area (Å²) in [6.07, 6.45) is 1.09. The molecule has 13 nitrogen and oxygen atoms in total. The smallest absolute Gasteiger partial charge is 0.310 e. The van der Waals surface area contributed by atoms with Crippen LogP contribution in [0.3, 0.4) is 0 Å². The van der Waals surface area contributed by atoms with Gasteiger partial charge in [-0.1, -0.05) is 17.4 Å². The summed E-state index contributed by atoms with van der Waals surface area (Å²) >= 11 is 1.31. The van der Waals surface area contributed by atoms with Crippen LogP contribution in [0.2, 0.25) is 0 Å². The maximum Gasteiger partial charge on any atom is 0.355 e. The van der Waals surface area contributed by atoms with Crippen LogP contribution >= 0.6 is 11.3 Å². The number of benzene rings is 2. The highest BCUT2D eigenvalue weighted by atomic mass is 32.1. The van der Waals surface area contributed by atoms with E-state index in [2.05, 4.69) is 31.1 Å². The predicted octanol–water partition coefficient (Wildman–Crippen LogP) is 3.71. The molecule has 0 aliphatic rings. The zero-order valence-electron chi connectivity index (χ0n) is 16.8. The average Bonchev–Trinajstić information content (AvgIpc) is 3.18. The lowest BCUT2D eigenvalue weighted by molar-refractivity contribution is -0.384. The lowest BCUT2D eigenvalue weighted by atomic mass is 10.2. The number of nitro groups is 2. The second-order valence-corrected chi connectivity index (χ2v) is 7.71. The number of carbonyl (C=O) groups excluding carboxylic acids is 1. The van der Waals surface area contributed by atoms with E-state index >= 15 is 0 Å². The molecule has 2 heterocycles. The molecule has 0 saturated heterocycles. The Morgan fingerprint density at radius 2 is 1.73 bits per heavy atom. The average molecular weight is 466 g/mol. The van der Waals surface area contributed by atoms with E-state index in [9.17, 15) is 25.0 Å². The van der Waals surface area contributed by atoms with E-state index < -0.39 is 21.4 Å². The molecule has 0 aliphatic heterocycles. The van der Waals surface area contributed by atoms with E-state index in [0.717, 1.165) is 22.1 Å². The van der Waals surface area contributed by atoms with Gasteiger partial charge in [0.05, 0.1) is 20.1 Å². The summed E-state index contributed by atoms with van der Waals surface area (Å²) in [5.41, 5.74) is 5.91. The molecule has 4 rings (SSSR count). The van der Waals surface area contributed by atoms with Gasteiger partial charge in [-0.25, -0.2) is 15.0 Å². The van der Waals surface area contributed by atoms with Crippen LogP contribution in [0.4, 0.5) is 28.1 Å². The van der Waals surface area contributed by atoms with E-state index in [1.807, 2.05) is 25.1 Å². The Hall–Kier alpha value is -4.72. The number of non-ortho nitro benzene ring substituents is 1. The Balaban J connectivity index is 1.55. The van der Waals surface area contributed by atoms with Crippen molar-refractivity contribution in [1.29, 1.82) is 0 Å². The molecule has 1 amide bonds. The summed E-state index contributed by atoms with van der Waals surface area (Å²) in [4.78, 5) is 45.6. The second kappa shape index (κ2) is 8.80. The number of aryl methyl sites for hydroxylation is 1. The van der Waals surface area contributed by atoms with E-state index in [0.29, 0.717) is 5.13 Å². The summed E-state index contributed by atoms with van der Waals surface area (Å²) in [5, 5.41) is 25.7. The third-order valence-corrected chi connectivity index (χ3v) is 5.34. The quantitative estimate of drug-likeness (QED) is 0.268. The van der Waals surface area contributed by atoms with Gasteiger partial charge >= 0.3 is 5.69 Å². The molecule has 166 valence electrons. The number of amides is 1. The standard InChI is InChI=1S/C19H14N8O5S/c1-10-2-7-13-14(8-10)33-19(22-13)23-16-15(27(31)32)17(21-9-20-16)24-25-18(28)11-3-5-12(6-4-11)26(29)30/h2-9H,1H3,(H,25,28)(H2,20,21,22,23,24). The van der Waals surface area contributed by atoms with Crippen molar-refractivity contribution in [3.63, 3.8) is 0 Å². The van der Waals surface area contributed by atoms with Crippen molar-refractivity contribution in [1.82, 2.24) is 20.4 Å². The molecule has 0 bridgehead atoms. The monoisotopic (exact) mass is 466 g/mol. The van der Waals surface area contributed by atoms with E-state index in [1.165, 1.54) is 35.6 Å². The van der Waals surface area contributed by atoms with Crippen LogP contribution in [0.1, 0.15) is 15.9 Å². The summed E-state index contributed by atoms with van der Waals surface area (Å²) < 4.78 is 0.905. The van der Waals surface area contributed by atoms with Gasteiger partial charge in [-0.05, 0) is 36.8 Å². The minimum atomic E-state index is -0.694. The number of aromatic nitrogens is 3. The molecule has 3 N–H and O–H groups in total. The number of nitro benzene ring substituents is 1. The predicted molar refractivity (Wildman–Crippen MR) is 121 cm³/mol. The van der Waals surface area contributed by atoms with E-state index in [4.69, 9.17) is 0 Å². The first-order valence-electron chi connectivity index (χ1n) is 9.26. The lowest BCUT2D eigenvalue weighted by Crippen LogP contribution is -2.30. The third kappa shape index (κ3) is 4.64. The number of nitrogens with zero attached hydrogens (tertiary/aromatic N) is 5. The summed E-state index contributed by atoms with van der Waals surface area (Å²) in [6, 6.07) is 10.6. The topological polar surface area (TPSA) is 178 Å². The molecule has 2 aromatic carbocycles. The zero-order chi connectivity index (χ0) is 23.5. The van der Waals surface area contributed by atoms with Gasteiger partial charge < -0.3 is 5.32 Å². The number of anilines is 3. The van der Waals surface area contributed by atoms with Crippen molar-refractivity contribution in [2.24, 2.45) is 0 Å². The van der Waals surface area contributed by atoms with Gasteiger partial charge in [0.2, 0.25) is 11.6 Å². The van der Waals surface area contributed by atoms with Crippen molar-refractivity contribution in [2.75, 3.05) is 10.7 Å². The van der Waals surface area contributed by atoms with Gasteiger partial charge in [0, 0.05) is 17.7 Å². The first-order valence-corrected chi connectivity index (χ1v) is 10.1. The number of rotatable bonds is 7. The molecule has 0 fully saturated rings. The zero-order valence-corrected chi connectivity index (χ0v) is 17.6. The van der Waals surface area contributed by atoms with Crippen LogP contribution in [0.25, 0.3) is 10.2 Å². The van der Waals surface area contributed by atoms with Crippen molar-refractivity contribution in [3.8, 4) is 0 Å². The molecule has 0 aliphatic carbocycles. The number of hydrazine groups is 1. The molecule has 0 spiro atoms. The Labute approximate surface area is 188 Å². The van der Waals surface area contributed by atoms with E-state index in [1.54, 1.807) is 0 Å². The Morgan fingerprint density at radius 3 is 2.42 bits per heavy atom. The molecule has 0 saturated carbocycles. The van der Waals surface area contributed by atoms with Crippen LogP contribution in [-0.2, 0) is 0 Å². The highest BCUT2D eigenvalue weighted by Crippen LogP contribution is 2.34. The molecular weight excluding hydrogens is 452 g/mol. The molecule has 0 atom stereocenters. The summed E-state index contributed by atoms with van der Waals surface area (Å²) in [6.45, 7) is 1.95. The molecule has 0 radical (unpaired) electrons. The van der Waals surface area contributed by atoms with Crippen LogP contribution in [0.5, 0.6) is 0 Å². The maximum absolute atomic E-state index is 12.3. The number of carbonyl (C=O) groups is 1. The van der Waals surface area contributed by atoms with Crippen LogP contribution in [0, 0.1) is 27.2 Å². The van der Waals surface area contributed by atoms with Crippen LogP contribution in [0.15, 0.2) is 48.8 Å². The Kier molecular flexibility index (Phi) is 5.73. The highest BCUT2D eigenvalue weighted by molar-refractivity contribution is 7.22. The summed E-state index contributed by atoms with van der Waals surface area (Å²) in [7, 11) is 0. The molecule has 0 unspecified atom stereocenters. The van der Waals surface area contributed by atoms with Crippen molar-refractivity contribution in [2.45, 2.75) is 6.92 Å². The van der Waals surface area contributed by atoms with Crippen LogP contribution in [-0.4, -0.2) is 30.7 Å². The fraction of sp³-hybridized carbons (Fsp3) is 0.0526. The SMILES string of the molecule is Cc1ccc2nc(Nc3ncnc(NNC(=O)c4ccc([N+](=O)[O-])cc4)c3[N+](=O)[O-])sc2c1. The molecule has 2 aromatic heterocycles. The van der Waals surface area contributed by atoms with Crippen molar-refractivity contribution in [3.05, 3.63) is 80.1 Å². The normalized spacial score (nSPS) is 10.6. The first-order chi connectivity index (χ1) is 15.8. The number of hydrogen-bond acceptors (Lipinski definition) is 11. The van der Waals surface area contributed by atoms with Gasteiger partial charge in [-0.3, -0.25) is 35.9 Å². The van der Waals surface area contributed by atoms with Crippen molar-refractivity contribution < 1.29 is 14.6 Å². The lowest BCUT2D eigenvalue weighted by Gasteiger charge is -2.10. The van der Waals surface area contributed by atoms with Gasteiger partial charge in [0.25, 0.3) is 11.6 Å². The fourth-order valence-electron chi connectivity index (χ4n) is 2.84. The molecule has 4 aromatic rings. The van der Waals surface area contributed by atoms with Gasteiger partial charge in [-0.15, -0.1) is 0 Å². The van der Waals surface area contributed by atoms with Crippen LogP contribution < -0.4 is 16.2 Å². The second-order valence-electron chi connectivity index (χ2n) is 6.67. The highest BCUT2D eigenvalue weighted by Gasteiger charge is 2.24. The summed E-state index contributed by atoms with van der Waals surface area (Å²) in [5.74, 6) is -1.04. The van der Waals surface area contributed by atoms with Gasteiger partial charge in [0.1, 0.15) is 6.33 Å².